The van der Waals surface area contributed by atoms with Gasteiger partial charge in [0.2, 0.25) is 0 Å². The highest BCUT2D eigenvalue weighted by molar-refractivity contribution is 7.25. The van der Waals surface area contributed by atoms with Gasteiger partial charge in [0.25, 0.3) is 0 Å². The van der Waals surface area contributed by atoms with Crippen LogP contribution in [0.3, 0.4) is 0 Å². The van der Waals surface area contributed by atoms with Crippen LogP contribution in [0.5, 0.6) is 0 Å². The van der Waals surface area contributed by atoms with E-state index in [1.165, 1.54) is 53.6 Å². The summed E-state index contributed by atoms with van der Waals surface area (Å²) in [7, 11) is 0. The third-order valence-electron chi connectivity index (χ3n) is 8.26. The van der Waals surface area contributed by atoms with Crippen LogP contribution in [0.2, 0.25) is 0 Å². The zero-order valence-electron chi connectivity index (χ0n) is 24.1. The minimum atomic E-state index is 1.13. The number of hydrogen-bond donors (Lipinski definition) is 0. The Bertz CT molecular complexity index is 2200. The molecule has 8 rings (SSSR count). The first kappa shape index (κ1) is 26.2. The lowest BCUT2D eigenvalue weighted by Gasteiger charge is -2.26. The monoisotopic (exact) mass is 579 g/mol. The van der Waals surface area contributed by atoms with Gasteiger partial charge in [-0.15, -0.1) is 11.3 Å². The molecular formula is C42H29NS. The van der Waals surface area contributed by atoms with E-state index in [1.54, 1.807) is 0 Å². The molecule has 0 saturated carbocycles. The van der Waals surface area contributed by atoms with Crippen LogP contribution in [0.1, 0.15) is 0 Å². The number of rotatable bonds is 6. The summed E-state index contributed by atoms with van der Waals surface area (Å²) >= 11 is 1.86. The standard InChI is InChI=1S/C42H29NS/c1-4-11-30(12-5-1)32-19-23-37(24-20-32)43(36-16-8-3-9-17-36)38-18-10-15-33(27-38)35-22-26-42-40(29-35)39-28-34(21-25-41(39)44-42)31-13-6-2-7-14-31/h1-29H. The van der Waals surface area contributed by atoms with Gasteiger partial charge < -0.3 is 4.90 Å². The molecule has 0 N–H and O–H groups in total. The Kier molecular flexibility index (Phi) is 6.75. The highest BCUT2D eigenvalue weighted by atomic mass is 32.1. The lowest BCUT2D eigenvalue weighted by molar-refractivity contribution is 1.28. The summed E-state index contributed by atoms with van der Waals surface area (Å²) in [5.74, 6) is 0. The number of hydrogen-bond acceptors (Lipinski definition) is 2. The third-order valence-corrected chi connectivity index (χ3v) is 9.41. The molecule has 0 amide bonds. The molecule has 1 aromatic heterocycles. The minimum Gasteiger partial charge on any atom is -0.310 e. The molecule has 1 nitrogen and oxygen atoms in total. The maximum Gasteiger partial charge on any atom is 0.0467 e. The smallest absolute Gasteiger partial charge is 0.0467 e. The van der Waals surface area contributed by atoms with Crippen molar-refractivity contribution in [3.05, 3.63) is 176 Å². The molecule has 0 aliphatic heterocycles. The normalized spacial score (nSPS) is 11.2. The van der Waals surface area contributed by atoms with Gasteiger partial charge in [-0.1, -0.05) is 115 Å². The number of para-hydroxylation sites is 1. The maximum atomic E-state index is 2.36. The van der Waals surface area contributed by atoms with E-state index in [4.69, 9.17) is 0 Å². The molecule has 0 bridgehead atoms. The molecule has 0 radical (unpaired) electrons. The van der Waals surface area contributed by atoms with Crippen LogP contribution < -0.4 is 4.90 Å². The molecular weight excluding hydrogens is 551 g/mol. The van der Waals surface area contributed by atoms with E-state index >= 15 is 0 Å². The number of fused-ring (bicyclic) bond motifs is 3. The fraction of sp³-hybridized carbons (Fsp3) is 0. The van der Waals surface area contributed by atoms with E-state index in [-0.39, 0.29) is 0 Å². The summed E-state index contributed by atoms with van der Waals surface area (Å²) in [6.07, 6.45) is 0. The maximum absolute atomic E-state index is 2.36. The summed E-state index contributed by atoms with van der Waals surface area (Å²) in [5.41, 5.74) is 10.7. The third kappa shape index (κ3) is 4.96. The van der Waals surface area contributed by atoms with Gasteiger partial charge in [-0.3, -0.25) is 0 Å². The predicted molar refractivity (Wildman–Crippen MR) is 190 cm³/mol. The highest BCUT2D eigenvalue weighted by Crippen LogP contribution is 2.40. The summed E-state index contributed by atoms with van der Waals surface area (Å²) in [4.78, 5) is 2.34. The van der Waals surface area contributed by atoms with Gasteiger partial charge in [-0.2, -0.15) is 0 Å². The first-order valence-corrected chi connectivity index (χ1v) is 15.7. The fourth-order valence-electron chi connectivity index (χ4n) is 6.05. The Hall–Kier alpha value is -5.44. The van der Waals surface area contributed by atoms with Gasteiger partial charge in [-0.05, 0) is 94.0 Å². The van der Waals surface area contributed by atoms with Crippen LogP contribution in [0.25, 0.3) is 53.6 Å². The number of anilines is 3. The summed E-state index contributed by atoms with van der Waals surface area (Å²) in [6.45, 7) is 0. The first-order chi connectivity index (χ1) is 21.8. The van der Waals surface area contributed by atoms with Gasteiger partial charge in [0.1, 0.15) is 0 Å². The molecule has 44 heavy (non-hydrogen) atoms. The Morgan fingerprint density at radius 1 is 0.295 bits per heavy atom. The van der Waals surface area contributed by atoms with Crippen molar-refractivity contribution in [3.8, 4) is 33.4 Å². The summed E-state index contributed by atoms with van der Waals surface area (Å²) in [5, 5.41) is 2.62. The van der Waals surface area contributed by atoms with E-state index in [2.05, 4.69) is 181 Å². The topological polar surface area (TPSA) is 3.24 Å². The van der Waals surface area contributed by atoms with Crippen LogP contribution in [0.4, 0.5) is 17.1 Å². The van der Waals surface area contributed by atoms with Crippen molar-refractivity contribution >= 4 is 48.6 Å². The summed E-state index contributed by atoms with van der Waals surface area (Å²) in [6, 6.07) is 63.3. The van der Waals surface area contributed by atoms with E-state index in [0.29, 0.717) is 0 Å². The molecule has 7 aromatic carbocycles. The molecule has 0 atom stereocenters. The Morgan fingerprint density at radius 2 is 0.705 bits per heavy atom. The van der Waals surface area contributed by atoms with Crippen LogP contribution in [0, 0.1) is 0 Å². The zero-order valence-corrected chi connectivity index (χ0v) is 24.9. The van der Waals surface area contributed by atoms with Crippen molar-refractivity contribution < 1.29 is 0 Å². The number of thiophene rings is 1. The average molecular weight is 580 g/mol. The first-order valence-electron chi connectivity index (χ1n) is 14.9. The molecule has 0 saturated heterocycles. The molecule has 1 heterocycles. The van der Waals surface area contributed by atoms with Crippen molar-refractivity contribution in [1.29, 1.82) is 0 Å². The molecule has 0 aliphatic rings. The van der Waals surface area contributed by atoms with Crippen molar-refractivity contribution in [3.63, 3.8) is 0 Å². The largest absolute Gasteiger partial charge is 0.310 e. The lowest BCUT2D eigenvalue weighted by atomic mass is 9.99. The second-order valence-corrected chi connectivity index (χ2v) is 12.1. The molecule has 208 valence electrons. The Morgan fingerprint density at radius 3 is 1.32 bits per heavy atom. The minimum absolute atomic E-state index is 1.13. The van der Waals surface area contributed by atoms with Gasteiger partial charge in [0, 0.05) is 37.2 Å². The fourth-order valence-corrected chi connectivity index (χ4v) is 7.12. The average Bonchev–Trinajstić information content (AvgIpc) is 3.47. The zero-order chi connectivity index (χ0) is 29.3. The predicted octanol–water partition coefficient (Wildman–Crippen LogP) is 12.5. The molecule has 0 unspecified atom stereocenters. The summed E-state index contributed by atoms with van der Waals surface area (Å²) < 4.78 is 2.63. The van der Waals surface area contributed by atoms with Gasteiger partial charge in [-0.25, -0.2) is 0 Å². The SMILES string of the molecule is c1ccc(-c2ccc(N(c3ccccc3)c3cccc(-c4ccc5sc6ccc(-c7ccccc7)cc6c5c4)c3)cc2)cc1. The van der Waals surface area contributed by atoms with E-state index < -0.39 is 0 Å². The molecule has 0 fully saturated rings. The van der Waals surface area contributed by atoms with Gasteiger partial charge in [0.05, 0.1) is 0 Å². The van der Waals surface area contributed by atoms with Crippen molar-refractivity contribution in [2.24, 2.45) is 0 Å². The second kappa shape index (κ2) is 11.3. The lowest BCUT2D eigenvalue weighted by Crippen LogP contribution is -2.09. The van der Waals surface area contributed by atoms with Crippen molar-refractivity contribution in [1.82, 2.24) is 0 Å². The quantitative estimate of drug-likeness (QED) is 0.189. The molecule has 8 aromatic rings. The van der Waals surface area contributed by atoms with Crippen molar-refractivity contribution in [2.45, 2.75) is 0 Å². The van der Waals surface area contributed by atoms with E-state index in [0.717, 1.165) is 17.1 Å². The Balaban J connectivity index is 1.20. The van der Waals surface area contributed by atoms with Gasteiger partial charge >= 0.3 is 0 Å². The van der Waals surface area contributed by atoms with Gasteiger partial charge in [0.15, 0.2) is 0 Å². The molecule has 0 spiro atoms. The van der Waals surface area contributed by atoms with E-state index in [9.17, 15) is 0 Å². The second-order valence-electron chi connectivity index (χ2n) is 11.0. The highest BCUT2D eigenvalue weighted by Gasteiger charge is 2.14. The number of nitrogens with zero attached hydrogens (tertiary/aromatic N) is 1. The van der Waals surface area contributed by atoms with Crippen LogP contribution in [-0.4, -0.2) is 0 Å². The van der Waals surface area contributed by atoms with Crippen LogP contribution in [0.15, 0.2) is 176 Å². The van der Waals surface area contributed by atoms with Crippen LogP contribution >= 0.6 is 11.3 Å². The number of benzene rings is 7. The Labute approximate surface area is 261 Å². The molecule has 2 heteroatoms. The van der Waals surface area contributed by atoms with Crippen LogP contribution in [-0.2, 0) is 0 Å². The van der Waals surface area contributed by atoms with Crippen molar-refractivity contribution in [2.75, 3.05) is 4.90 Å². The van der Waals surface area contributed by atoms with E-state index in [1.807, 2.05) is 11.3 Å². The molecule has 0 aliphatic carbocycles.